The maximum Gasteiger partial charge on any atom is 0.0317 e. The van der Waals surface area contributed by atoms with Gasteiger partial charge in [-0.3, -0.25) is 4.90 Å². The van der Waals surface area contributed by atoms with E-state index in [9.17, 15) is 0 Å². The summed E-state index contributed by atoms with van der Waals surface area (Å²) in [6, 6.07) is 8.27. The second-order valence-electron chi connectivity index (χ2n) is 5.77. The van der Waals surface area contributed by atoms with Crippen molar-refractivity contribution in [2.45, 2.75) is 19.4 Å². The van der Waals surface area contributed by atoms with Gasteiger partial charge in [0.2, 0.25) is 0 Å². The normalized spacial score (nSPS) is 22.2. The summed E-state index contributed by atoms with van der Waals surface area (Å²) < 4.78 is 0. The number of nitrogens with two attached hydrogens (primary N) is 1. The number of piperazine rings is 1. The van der Waals surface area contributed by atoms with Gasteiger partial charge < -0.3 is 10.6 Å². The molecule has 1 aliphatic heterocycles. The van der Waals surface area contributed by atoms with Crippen LogP contribution >= 0.6 is 0 Å². The summed E-state index contributed by atoms with van der Waals surface area (Å²) in [6.07, 6.45) is 2.92. The van der Waals surface area contributed by atoms with Gasteiger partial charge in [-0.05, 0) is 36.5 Å². The van der Waals surface area contributed by atoms with Gasteiger partial charge in [0.25, 0.3) is 0 Å². The first-order valence-electron chi connectivity index (χ1n) is 7.09. The van der Waals surface area contributed by atoms with Gasteiger partial charge in [0.15, 0.2) is 0 Å². The molecule has 3 heteroatoms. The summed E-state index contributed by atoms with van der Waals surface area (Å²) in [5.41, 5.74) is 8.03. The van der Waals surface area contributed by atoms with E-state index in [1.165, 1.54) is 51.1 Å². The number of hydrogen-bond donors (Lipinski definition) is 1. The van der Waals surface area contributed by atoms with Crippen molar-refractivity contribution in [3.05, 3.63) is 29.8 Å². The molecule has 3 rings (SSSR count). The summed E-state index contributed by atoms with van der Waals surface area (Å²) in [5.74, 6) is 1.02. The Kier molecular flexibility index (Phi) is 3.52. The maximum absolute atomic E-state index is 5.82. The van der Waals surface area contributed by atoms with Crippen molar-refractivity contribution in [3.63, 3.8) is 0 Å². The summed E-state index contributed by atoms with van der Waals surface area (Å²) >= 11 is 0. The van der Waals surface area contributed by atoms with E-state index in [0.29, 0.717) is 0 Å². The molecule has 0 amide bonds. The van der Waals surface area contributed by atoms with Crippen LogP contribution in [0.2, 0.25) is 0 Å². The average Bonchev–Trinajstić information content (AvgIpc) is 3.16. The van der Waals surface area contributed by atoms with Gasteiger partial charge >= 0.3 is 0 Å². The Bertz CT molecular complexity index is 392. The van der Waals surface area contributed by atoms with Crippen molar-refractivity contribution in [2.24, 2.45) is 5.92 Å². The van der Waals surface area contributed by atoms with Crippen LogP contribution in [0.4, 0.5) is 5.69 Å². The number of benzene rings is 1. The van der Waals surface area contributed by atoms with Crippen LogP contribution in [0.15, 0.2) is 24.3 Å². The first kappa shape index (κ1) is 12.0. The van der Waals surface area contributed by atoms with Gasteiger partial charge in [-0.2, -0.15) is 0 Å². The standard InChI is InChI=1S/C15H23N3/c16-15-3-1-2-14(10-15)12-18-8-6-17(7-9-18)11-13-4-5-13/h1-3,10,13H,4-9,11-12,16H2. The van der Waals surface area contributed by atoms with Gasteiger partial charge in [0, 0.05) is 45.0 Å². The van der Waals surface area contributed by atoms with Crippen molar-refractivity contribution in [2.75, 3.05) is 38.5 Å². The van der Waals surface area contributed by atoms with E-state index < -0.39 is 0 Å². The van der Waals surface area contributed by atoms with Crippen molar-refractivity contribution >= 4 is 5.69 Å². The fraction of sp³-hybridized carbons (Fsp3) is 0.600. The molecule has 0 bridgehead atoms. The van der Waals surface area contributed by atoms with Crippen molar-refractivity contribution in [3.8, 4) is 0 Å². The largest absolute Gasteiger partial charge is 0.399 e. The van der Waals surface area contributed by atoms with Crippen molar-refractivity contribution in [1.82, 2.24) is 9.80 Å². The molecule has 1 aliphatic carbocycles. The molecule has 98 valence electrons. The molecule has 1 aromatic rings. The van der Waals surface area contributed by atoms with E-state index in [0.717, 1.165) is 18.2 Å². The molecule has 2 aliphatic rings. The van der Waals surface area contributed by atoms with E-state index in [1.54, 1.807) is 0 Å². The molecule has 2 fully saturated rings. The number of hydrogen-bond acceptors (Lipinski definition) is 3. The fourth-order valence-electron chi connectivity index (χ4n) is 2.75. The summed E-state index contributed by atoms with van der Waals surface area (Å²) in [4.78, 5) is 5.17. The lowest BCUT2D eigenvalue weighted by Gasteiger charge is -2.34. The van der Waals surface area contributed by atoms with Crippen LogP contribution < -0.4 is 5.73 Å². The van der Waals surface area contributed by atoms with Gasteiger partial charge in [-0.1, -0.05) is 12.1 Å². The number of nitrogen functional groups attached to an aromatic ring is 1. The Morgan fingerprint density at radius 2 is 1.78 bits per heavy atom. The minimum absolute atomic E-state index is 0.875. The van der Waals surface area contributed by atoms with Gasteiger partial charge in [-0.25, -0.2) is 0 Å². The molecule has 0 spiro atoms. The van der Waals surface area contributed by atoms with Gasteiger partial charge in [0.1, 0.15) is 0 Å². The van der Waals surface area contributed by atoms with Crippen LogP contribution in [0.3, 0.4) is 0 Å². The van der Waals surface area contributed by atoms with Crippen LogP contribution in [0, 0.1) is 5.92 Å². The third-order valence-corrected chi connectivity index (χ3v) is 4.04. The molecule has 0 radical (unpaired) electrons. The molecule has 1 saturated carbocycles. The van der Waals surface area contributed by atoms with Gasteiger partial charge in [-0.15, -0.1) is 0 Å². The summed E-state index contributed by atoms with van der Waals surface area (Å²) in [6.45, 7) is 7.25. The molecule has 18 heavy (non-hydrogen) atoms. The Morgan fingerprint density at radius 3 is 2.44 bits per heavy atom. The minimum Gasteiger partial charge on any atom is -0.399 e. The lowest BCUT2D eigenvalue weighted by atomic mass is 10.1. The number of nitrogens with zero attached hydrogens (tertiary/aromatic N) is 2. The van der Waals surface area contributed by atoms with Gasteiger partial charge in [0.05, 0.1) is 0 Å². The zero-order chi connectivity index (χ0) is 12.4. The smallest absolute Gasteiger partial charge is 0.0317 e. The lowest BCUT2D eigenvalue weighted by molar-refractivity contribution is 0.123. The highest BCUT2D eigenvalue weighted by molar-refractivity contribution is 5.40. The molecule has 3 nitrogen and oxygen atoms in total. The minimum atomic E-state index is 0.875. The van der Waals surface area contributed by atoms with E-state index in [2.05, 4.69) is 21.9 Å². The molecule has 0 unspecified atom stereocenters. The lowest BCUT2D eigenvalue weighted by Crippen LogP contribution is -2.46. The average molecular weight is 245 g/mol. The van der Waals surface area contributed by atoms with Crippen LogP contribution in [0.5, 0.6) is 0 Å². The highest BCUT2D eigenvalue weighted by atomic mass is 15.3. The molecular weight excluding hydrogens is 222 g/mol. The second kappa shape index (κ2) is 5.29. The Hall–Kier alpha value is -1.06. The predicted molar refractivity (Wildman–Crippen MR) is 75.3 cm³/mol. The molecule has 0 atom stereocenters. The third-order valence-electron chi connectivity index (χ3n) is 4.04. The predicted octanol–water partition coefficient (Wildman–Crippen LogP) is 1.80. The summed E-state index contributed by atoms with van der Waals surface area (Å²) in [5, 5.41) is 0. The molecule has 1 heterocycles. The quantitative estimate of drug-likeness (QED) is 0.821. The Labute approximate surface area is 110 Å². The third kappa shape index (κ3) is 3.24. The first-order chi connectivity index (χ1) is 8.79. The Balaban J connectivity index is 1.47. The van der Waals surface area contributed by atoms with Crippen molar-refractivity contribution in [1.29, 1.82) is 0 Å². The van der Waals surface area contributed by atoms with Crippen LogP contribution in [-0.4, -0.2) is 42.5 Å². The van der Waals surface area contributed by atoms with Crippen LogP contribution in [0.25, 0.3) is 0 Å². The fourth-order valence-corrected chi connectivity index (χ4v) is 2.75. The summed E-state index contributed by atoms with van der Waals surface area (Å²) in [7, 11) is 0. The highest BCUT2D eigenvalue weighted by Gasteiger charge is 2.26. The molecule has 1 aromatic carbocycles. The highest BCUT2D eigenvalue weighted by Crippen LogP contribution is 2.29. The van der Waals surface area contributed by atoms with Crippen LogP contribution in [-0.2, 0) is 6.54 Å². The molecule has 0 aromatic heterocycles. The monoisotopic (exact) mass is 245 g/mol. The van der Waals surface area contributed by atoms with E-state index >= 15 is 0 Å². The maximum atomic E-state index is 5.82. The second-order valence-corrected chi connectivity index (χ2v) is 5.77. The van der Waals surface area contributed by atoms with E-state index in [4.69, 9.17) is 5.73 Å². The Morgan fingerprint density at radius 1 is 1.06 bits per heavy atom. The zero-order valence-corrected chi connectivity index (χ0v) is 11.0. The number of anilines is 1. The molecule has 1 saturated heterocycles. The van der Waals surface area contributed by atoms with Crippen molar-refractivity contribution < 1.29 is 0 Å². The van der Waals surface area contributed by atoms with Crippen LogP contribution in [0.1, 0.15) is 18.4 Å². The first-order valence-corrected chi connectivity index (χ1v) is 7.09. The SMILES string of the molecule is Nc1cccc(CN2CCN(CC3CC3)CC2)c1. The molecule has 2 N–H and O–H groups in total. The van der Waals surface area contributed by atoms with E-state index in [-0.39, 0.29) is 0 Å². The molecular formula is C15H23N3. The number of rotatable bonds is 4. The zero-order valence-electron chi connectivity index (χ0n) is 11.0. The topological polar surface area (TPSA) is 32.5 Å². The van der Waals surface area contributed by atoms with E-state index in [1.807, 2.05) is 12.1 Å².